The van der Waals surface area contributed by atoms with Crippen molar-refractivity contribution in [1.82, 2.24) is 37.2 Å². The number of carbonyl (C=O) groups is 8. The van der Waals surface area contributed by atoms with Gasteiger partial charge in [-0.25, -0.2) is 0 Å². The Hall–Kier alpha value is -5.90. The Kier molecular flexibility index (Phi) is 18.1. The normalized spacial score (nSPS) is 22.9. The first kappa shape index (κ1) is 54.1. The van der Waals surface area contributed by atoms with Crippen LogP contribution in [0, 0.1) is 17.3 Å². The number of primary amides is 1. The van der Waals surface area contributed by atoms with Crippen LogP contribution in [0.15, 0.2) is 48.5 Å². The van der Waals surface area contributed by atoms with E-state index in [-0.39, 0.29) is 23.0 Å². The van der Waals surface area contributed by atoms with E-state index < -0.39 is 122 Å². The fraction of sp³-hybridized carbons (Fsp3) is 0.583. The first-order chi connectivity index (χ1) is 32.5. The lowest BCUT2D eigenvalue weighted by Crippen LogP contribution is -2.65. The van der Waals surface area contributed by atoms with Gasteiger partial charge in [0.05, 0.1) is 43.3 Å². The molecule has 4 fully saturated rings. The van der Waals surface area contributed by atoms with Gasteiger partial charge in [-0.1, -0.05) is 63.6 Å². The molecule has 69 heavy (non-hydrogen) atoms. The molecular weight excluding hydrogens is 891 g/mol. The summed E-state index contributed by atoms with van der Waals surface area (Å²) >= 11 is 0. The van der Waals surface area contributed by atoms with E-state index in [2.05, 4.69) is 70.1 Å². The molecule has 0 radical (unpaired) electrons. The van der Waals surface area contributed by atoms with Crippen molar-refractivity contribution in [3.8, 4) is 11.1 Å². The van der Waals surface area contributed by atoms with Crippen molar-refractivity contribution in [2.45, 2.75) is 148 Å². The lowest BCUT2D eigenvalue weighted by molar-refractivity contribution is -0.199. The predicted molar refractivity (Wildman–Crippen MR) is 254 cm³/mol. The van der Waals surface area contributed by atoms with Gasteiger partial charge < -0.3 is 62.5 Å². The first-order valence-electron chi connectivity index (χ1n) is 23.7. The predicted octanol–water partition coefficient (Wildman–Crippen LogP) is -0.0895. The molecule has 2 bridgehead atoms. The van der Waals surface area contributed by atoms with E-state index >= 15 is 0 Å². The number of nitrogens with one attached hydrogen (secondary N) is 7. The SMILES string of the molecule is CCCCc1ccc(-c2ccc(C(=O)N[C@H](CO)C(=O)N[C@H](C)C(=O)NCC(=O)NC(C(=O)N[C@@H](C)C(=O)N[C@@H](CC(N)=O)C(=O)N[C@@H](C)B3O[C@@H]4C[C@@H]5C[C@@H](C5(C)C)[C@]4(C)O3)C(C)O)cc2)cc1. The van der Waals surface area contributed by atoms with Crippen LogP contribution in [0.25, 0.3) is 11.1 Å². The first-order valence-corrected chi connectivity index (χ1v) is 23.7. The molecule has 2 aromatic carbocycles. The van der Waals surface area contributed by atoms with E-state index in [0.29, 0.717) is 5.92 Å². The number of unbranched alkanes of at least 4 members (excludes halogenated alkanes) is 1. The molecule has 11 atom stereocenters. The molecule has 0 aromatic heterocycles. The number of nitrogens with two attached hydrogens (primary N) is 1. The summed E-state index contributed by atoms with van der Waals surface area (Å²) in [5, 5.41) is 37.2. The van der Waals surface area contributed by atoms with Gasteiger partial charge in [-0.05, 0) is 106 Å². The van der Waals surface area contributed by atoms with Crippen LogP contribution in [0.4, 0.5) is 0 Å². The van der Waals surface area contributed by atoms with Gasteiger partial charge in [0.25, 0.3) is 5.91 Å². The Bertz CT molecular complexity index is 2210. The molecule has 1 aliphatic heterocycles. The molecule has 2 aromatic rings. The van der Waals surface area contributed by atoms with E-state index in [1.165, 1.54) is 26.3 Å². The summed E-state index contributed by atoms with van der Waals surface area (Å²) in [5.41, 5.74) is 8.32. The van der Waals surface area contributed by atoms with Crippen molar-refractivity contribution in [1.29, 1.82) is 0 Å². The van der Waals surface area contributed by atoms with E-state index in [4.69, 9.17) is 15.0 Å². The molecule has 20 nitrogen and oxygen atoms in total. The van der Waals surface area contributed by atoms with Crippen LogP contribution >= 0.6 is 0 Å². The Balaban J connectivity index is 1.05. The van der Waals surface area contributed by atoms with Crippen molar-refractivity contribution in [2.75, 3.05) is 13.2 Å². The fourth-order valence-corrected chi connectivity index (χ4v) is 9.41. The minimum absolute atomic E-state index is 0.104. The van der Waals surface area contributed by atoms with Gasteiger partial charge in [-0.3, -0.25) is 38.4 Å². The third-order valence-electron chi connectivity index (χ3n) is 13.9. The van der Waals surface area contributed by atoms with Crippen molar-refractivity contribution >= 4 is 54.4 Å². The minimum atomic E-state index is -1.62. The van der Waals surface area contributed by atoms with Gasteiger partial charge in [0, 0.05) is 5.56 Å². The van der Waals surface area contributed by atoms with Gasteiger partial charge in [-0.15, -0.1) is 0 Å². The molecule has 3 aliphatic carbocycles. The van der Waals surface area contributed by atoms with Crippen LogP contribution in [0.1, 0.15) is 103 Å². The van der Waals surface area contributed by atoms with Gasteiger partial charge in [0.1, 0.15) is 30.2 Å². The highest BCUT2D eigenvalue weighted by molar-refractivity contribution is 6.47. The Morgan fingerprint density at radius 1 is 0.754 bits per heavy atom. The quantitative estimate of drug-likeness (QED) is 0.0654. The number of hydrogen-bond acceptors (Lipinski definition) is 12. The van der Waals surface area contributed by atoms with Crippen molar-refractivity contribution < 1.29 is 57.9 Å². The summed E-state index contributed by atoms with van der Waals surface area (Å²) in [6.07, 6.45) is 2.88. The summed E-state index contributed by atoms with van der Waals surface area (Å²) < 4.78 is 12.7. The zero-order valence-corrected chi connectivity index (χ0v) is 40.7. The molecule has 1 heterocycles. The van der Waals surface area contributed by atoms with Crippen LogP contribution in [-0.2, 0) is 49.3 Å². The number of benzene rings is 2. The zero-order valence-electron chi connectivity index (χ0n) is 40.7. The standard InChI is InChI=1S/C48H69BN8O12/c1-9-10-11-29-12-14-30(15-13-29)31-16-18-32(19-17-31)43(64)56-35(24-58)45(66)52-25(2)41(62)51-23-39(61)57-40(27(4)59)46(67)53-26(3)42(63)55-34(22-38(50)60)44(65)54-28(5)49-68-37-21-33-20-36(47(33,6)7)48(37,8)69-49/h12-19,25-28,33-37,40,58-59H,9-11,20-24H2,1-8H3,(H2,50,60)(H,51,62)(H,52,66)(H,53,67)(H,54,65)(H,55,63)(H,56,64)(H,57,61)/t25-,26+,27?,28+,33+,34+,35-,36+,37-,40?,48+/m1/s1. The lowest BCUT2D eigenvalue weighted by atomic mass is 9.43. The number of aliphatic hydroxyl groups is 2. The zero-order chi connectivity index (χ0) is 51.0. The van der Waals surface area contributed by atoms with Crippen LogP contribution in [0.2, 0.25) is 0 Å². The van der Waals surface area contributed by atoms with Gasteiger partial charge in [0.2, 0.25) is 41.4 Å². The third-order valence-corrected chi connectivity index (χ3v) is 13.9. The molecule has 1 saturated heterocycles. The molecule has 376 valence electrons. The number of rotatable bonds is 23. The Morgan fingerprint density at radius 2 is 1.35 bits per heavy atom. The summed E-state index contributed by atoms with van der Waals surface area (Å²) in [6, 6.07) is 7.82. The Labute approximate surface area is 403 Å². The maximum absolute atomic E-state index is 13.4. The van der Waals surface area contributed by atoms with Crippen LogP contribution in [0.5, 0.6) is 0 Å². The molecule has 21 heteroatoms. The largest absolute Gasteiger partial charge is 0.481 e. The van der Waals surface area contributed by atoms with Crippen molar-refractivity contribution in [2.24, 2.45) is 23.0 Å². The number of aryl methyl sites for hydroxylation is 1. The second-order valence-corrected chi connectivity index (χ2v) is 19.4. The van der Waals surface area contributed by atoms with E-state index in [1.807, 2.05) is 19.1 Å². The molecule has 3 saturated carbocycles. The maximum Gasteiger partial charge on any atom is 0.481 e. The van der Waals surface area contributed by atoms with Gasteiger partial charge in [-0.2, -0.15) is 0 Å². The molecule has 6 rings (SSSR count). The highest BCUT2D eigenvalue weighted by Gasteiger charge is 2.68. The monoisotopic (exact) mass is 961 g/mol. The summed E-state index contributed by atoms with van der Waals surface area (Å²) in [7, 11) is -0.780. The second-order valence-electron chi connectivity index (χ2n) is 19.4. The number of carbonyl (C=O) groups excluding carboxylic acids is 8. The average molecular weight is 961 g/mol. The van der Waals surface area contributed by atoms with Gasteiger partial charge >= 0.3 is 7.12 Å². The Morgan fingerprint density at radius 3 is 1.93 bits per heavy atom. The molecule has 4 aliphatic rings. The van der Waals surface area contributed by atoms with E-state index in [1.54, 1.807) is 31.2 Å². The second kappa shape index (κ2) is 23.1. The average Bonchev–Trinajstić information content (AvgIpc) is 3.68. The van der Waals surface area contributed by atoms with E-state index in [9.17, 15) is 48.6 Å². The molecule has 2 unspecified atom stereocenters. The molecule has 11 N–H and O–H groups in total. The fourth-order valence-electron chi connectivity index (χ4n) is 9.41. The minimum Gasteiger partial charge on any atom is -0.404 e. The molecule has 8 amide bonds. The smallest absolute Gasteiger partial charge is 0.404 e. The highest BCUT2D eigenvalue weighted by Crippen LogP contribution is 2.65. The van der Waals surface area contributed by atoms with Crippen molar-refractivity contribution in [3.63, 3.8) is 0 Å². The molecule has 0 spiro atoms. The number of amides is 8. The summed E-state index contributed by atoms with van der Waals surface area (Å²) in [5.74, 6) is -6.66. The van der Waals surface area contributed by atoms with Gasteiger partial charge in [0.15, 0.2) is 0 Å². The topological polar surface area (TPSA) is 306 Å². The highest BCUT2D eigenvalue weighted by atomic mass is 16.7. The molecular formula is C48H69BN8O12. The summed E-state index contributed by atoms with van der Waals surface area (Å²) in [4.78, 5) is 104. The van der Waals surface area contributed by atoms with Crippen LogP contribution < -0.4 is 43.0 Å². The maximum atomic E-state index is 13.4. The third kappa shape index (κ3) is 13.3. The van der Waals surface area contributed by atoms with E-state index in [0.717, 1.165) is 43.2 Å². The number of aliphatic hydroxyl groups excluding tert-OH is 2. The lowest BCUT2D eigenvalue weighted by Gasteiger charge is -2.64. The van der Waals surface area contributed by atoms with Crippen LogP contribution in [0.3, 0.4) is 0 Å². The summed E-state index contributed by atoms with van der Waals surface area (Å²) in [6.45, 7) is 12.6. The number of hydrogen-bond donors (Lipinski definition) is 10. The van der Waals surface area contributed by atoms with Crippen LogP contribution in [-0.4, -0.2) is 132 Å². The van der Waals surface area contributed by atoms with Crippen molar-refractivity contribution in [3.05, 3.63) is 59.7 Å².